The Morgan fingerprint density at radius 1 is 1.41 bits per heavy atom. The van der Waals surface area contributed by atoms with Gasteiger partial charge in [0.05, 0.1) is 0 Å². The average molecular weight is 228 g/mol. The molecule has 1 N–H and O–H groups in total. The van der Waals surface area contributed by atoms with Crippen LogP contribution in [-0.2, 0) is 6.54 Å². The monoisotopic (exact) mass is 228 g/mol. The molecular weight excluding hydrogens is 208 g/mol. The van der Waals surface area contributed by atoms with Crippen molar-refractivity contribution in [1.82, 2.24) is 5.32 Å². The van der Waals surface area contributed by atoms with Gasteiger partial charge in [-0.05, 0) is 25.5 Å². The lowest BCUT2D eigenvalue weighted by Crippen LogP contribution is -2.36. The summed E-state index contributed by atoms with van der Waals surface area (Å²) in [5.74, 6) is 6.12. The standard InChI is InChI=1S/C15H20N2/c1-3-4-7-10-17-12-13(2)16-11-14-8-5-6-9-15(14)17/h5-6,8-9,13,16H,7,10-12H2,1-2H3. The van der Waals surface area contributed by atoms with Gasteiger partial charge in [-0.15, -0.1) is 11.8 Å². The molecule has 1 aliphatic rings. The number of fused-ring (bicyclic) bond motifs is 1. The molecule has 1 aromatic carbocycles. The minimum absolute atomic E-state index is 0.525. The van der Waals surface area contributed by atoms with E-state index in [-0.39, 0.29) is 0 Å². The number of nitrogens with one attached hydrogen (secondary N) is 1. The fourth-order valence-electron chi connectivity index (χ4n) is 2.27. The van der Waals surface area contributed by atoms with Gasteiger partial charge in [0, 0.05) is 37.8 Å². The lowest BCUT2D eigenvalue weighted by molar-refractivity contribution is 0.554. The molecule has 2 rings (SSSR count). The molecule has 0 fully saturated rings. The van der Waals surface area contributed by atoms with Gasteiger partial charge in [-0.1, -0.05) is 18.2 Å². The van der Waals surface area contributed by atoms with Gasteiger partial charge in [0.15, 0.2) is 0 Å². The van der Waals surface area contributed by atoms with E-state index in [4.69, 9.17) is 0 Å². The Morgan fingerprint density at radius 2 is 2.24 bits per heavy atom. The Hall–Kier alpha value is -1.46. The molecule has 1 atom stereocenters. The molecule has 1 aromatic rings. The molecular formula is C15H20N2. The fraction of sp³-hybridized carbons (Fsp3) is 0.467. The molecule has 0 bridgehead atoms. The van der Waals surface area contributed by atoms with Crippen LogP contribution in [0.4, 0.5) is 5.69 Å². The van der Waals surface area contributed by atoms with E-state index >= 15 is 0 Å². The summed E-state index contributed by atoms with van der Waals surface area (Å²) in [6.45, 7) is 7.19. The van der Waals surface area contributed by atoms with Crippen LogP contribution in [-0.4, -0.2) is 19.1 Å². The Balaban J connectivity index is 2.18. The highest BCUT2D eigenvalue weighted by molar-refractivity contribution is 5.54. The van der Waals surface area contributed by atoms with Gasteiger partial charge >= 0.3 is 0 Å². The van der Waals surface area contributed by atoms with Crippen molar-refractivity contribution < 1.29 is 0 Å². The molecule has 2 nitrogen and oxygen atoms in total. The average Bonchev–Trinajstić information content (AvgIpc) is 2.50. The van der Waals surface area contributed by atoms with E-state index in [9.17, 15) is 0 Å². The number of para-hydroxylation sites is 1. The van der Waals surface area contributed by atoms with Gasteiger partial charge in [0.25, 0.3) is 0 Å². The Bertz CT molecular complexity index is 428. The molecule has 0 spiro atoms. The van der Waals surface area contributed by atoms with E-state index in [2.05, 4.69) is 53.2 Å². The van der Waals surface area contributed by atoms with E-state index < -0.39 is 0 Å². The predicted octanol–water partition coefficient (Wildman–Crippen LogP) is 2.40. The summed E-state index contributed by atoms with van der Waals surface area (Å²) in [4.78, 5) is 2.45. The van der Waals surface area contributed by atoms with Gasteiger partial charge < -0.3 is 10.2 Å². The summed E-state index contributed by atoms with van der Waals surface area (Å²) in [5.41, 5.74) is 2.75. The number of hydrogen-bond donors (Lipinski definition) is 1. The van der Waals surface area contributed by atoms with Crippen molar-refractivity contribution in [3.05, 3.63) is 29.8 Å². The van der Waals surface area contributed by atoms with Gasteiger partial charge in [-0.2, -0.15) is 0 Å². The van der Waals surface area contributed by atoms with Gasteiger partial charge in [0.1, 0.15) is 0 Å². The van der Waals surface area contributed by atoms with E-state index in [0.717, 1.165) is 26.1 Å². The van der Waals surface area contributed by atoms with Crippen molar-refractivity contribution in [2.24, 2.45) is 0 Å². The molecule has 0 aromatic heterocycles. The first-order valence-corrected chi connectivity index (χ1v) is 6.27. The Labute approximate surface area is 104 Å². The van der Waals surface area contributed by atoms with Crippen LogP contribution in [0.5, 0.6) is 0 Å². The van der Waals surface area contributed by atoms with E-state index in [1.165, 1.54) is 11.3 Å². The molecule has 17 heavy (non-hydrogen) atoms. The van der Waals surface area contributed by atoms with Crippen LogP contribution in [0.2, 0.25) is 0 Å². The van der Waals surface area contributed by atoms with Crippen molar-refractivity contribution in [2.45, 2.75) is 32.9 Å². The number of anilines is 1. The van der Waals surface area contributed by atoms with E-state index in [0.29, 0.717) is 6.04 Å². The highest BCUT2D eigenvalue weighted by Crippen LogP contribution is 2.23. The maximum Gasteiger partial charge on any atom is 0.0412 e. The molecule has 2 heteroatoms. The number of rotatable bonds is 2. The first kappa shape index (κ1) is 12.0. The van der Waals surface area contributed by atoms with Crippen molar-refractivity contribution in [3.8, 4) is 11.8 Å². The first-order valence-electron chi connectivity index (χ1n) is 6.27. The van der Waals surface area contributed by atoms with Crippen LogP contribution >= 0.6 is 0 Å². The molecule has 1 aliphatic heterocycles. The topological polar surface area (TPSA) is 15.3 Å². The maximum atomic E-state index is 3.54. The first-order chi connectivity index (χ1) is 8.31. The van der Waals surface area contributed by atoms with Crippen LogP contribution in [0.15, 0.2) is 24.3 Å². The third kappa shape index (κ3) is 3.01. The number of hydrogen-bond acceptors (Lipinski definition) is 2. The minimum atomic E-state index is 0.525. The van der Waals surface area contributed by atoms with Crippen molar-refractivity contribution >= 4 is 5.69 Å². The maximum absolute atomic E-state index is 3.54. The Morgan fingerprint density at radius 3 is 3.06 bits per heavy atom. The fourth-order valence-corrected chi connectivity index (χ4v) is 2.27. The second-order valence-electron chi connectivity index (χ2n) is 4.53. The highest BCUT2D eigenvalue weighted by Gasteiger charge is 2.17. The minimum Gasteiger partial charge on any atom is -0.369 e. The van der Waals surface area contributed by atoms with Crippen molar-refractivity contribution in [2.75, 3.05) is 18.0 Å². The largest absolute Gasteiger partial charge is 0.369 e. The van der Waals surface area contributed by atoms with Crippen LogP contribution in [0.25, 0.3) is 0 Å². The molecule has 1 heterocycles. The summed E-state index contributed by atoms with van der Waals surface area (Å²) < 4.78 is 0. The summed E-state index contributed by atoms with van der Waals surface area (Å²) in [5, 5.41) is 3.54. The zero-order valence-corrected chi connectivity index (χ0v) is 10.7. The second-order valence-corrected chi connectivity index (χ2v) is 4.53. The lowest BCUT2D eigenvalue weighted by Gasteiger charge is -2.25. The molecule has 90 valence electrons. The van der Waals surface area contributed by atoms with Gasteiger partial charge in [-0.25, -0.2) is 0 Å². The zero-order chi connectivity index (χ0) is 12.1. The van der Waals surface area contributed by atoms with Crippen molar-refractivity contribution in [3.63, 3.8) is 0 Å². The lowest BCUT2D eigenvalue weighted by atomic mass is 10.1. The van der Waals surface area contributed by atoms with E-state index in [1.807, 2.05) is 6.92 Å². The van der Waals surface area contributed by atoms with Crippen LogP contribution in [0, 0.1) is 11.8 Å². The van der Waals surface area contributed by atoms with Gasteiger partial charge in [0.2, 0.25) is 0 Å². The molecule has 0 aliphatic carbocycles. The highest BCUT2D eigenvalue weighted by atomic mass is 15.2. The second kappa shape index (κ2) is 5.75. The predicted molar refractivity (Wildman–Crippen MR) is 73.0 cm³/mol. The quantitative estimate of drug-likeness (QED) is 0.782. The molecule has 0 radical (unpaired) electrons. The van der Waals surface area contributed by atoms with Crippen LogP contribution < -0.4 is 10.2 Å². The molecule has 0 saturated heterocycles. The van der Waals surface area contributed by atoms with Crippen LogP contribution in [0.1, 0.15) is 25.8 Å². The summed E-state index contributed by atoms with van der Waals surface area (Å²) in [6.07, 6.45) is 0.942. The molecule has 0 amide bonds. The smallest absolute Gasteiger partial charge is 0.0412 e. The van der Waals surface area contributed by atoms with Crippen molar-refractivity contribution in [1.29, 1.82) is 0 Å². The summed E-state index contributed by atoms with van der Waals surface area (Å²) in [6, 6.07) is 9.18. The Kier molecular flexibility index (Phi) is 4.06. The summed E-state index contributed by atoms with van der Waals surface area (Å²) in [7, 11) is 0. The number of nitrogens with zero attached hydrogens (tertiary/aromatic N) is 1. The zero-order valence-electron chi connectivity index (χ0n) is 10.7. The van der Waals surface area contributed by atoms with Crippen LogP contribution in [0.3, 0.4) is 0 Å². The molecule has 1 unspecified atom stereocenters. The van der Waals surface area contributed by atoms with E-state index in [1.54, 1.807) is 0 Å². The normalized spacial score (nSPS) is 18.9. The molecule has 0 saturated carbocycles. The third-order valence-electron chi connectivity index (χ3n) is 3.15. The SMILES string of the molecule is CC#CCCN1CC(C)NCc2ccccc21. The van der Waals surface area contributed by atoms with Gasteiger partial charge in [-0.3, -0.25) is 0 Å². The number of benzene rings is 1. The summed E-state index contributed by atoms with van der Waals surface area (Å²) >= 11 is 0. The third-order valence-corrected chi connectivity index (χ3v) is 3.15.